The molecule has 0 atom stereocenters. The van der Waals surface area contributed by atoms with Crippen molar-refractivity contribution in [2.45, 2.75) is 20.3 Å². The standard InChI is InChI=1S/C21H20N4O2/c1-14-17(15(2)25(23-14)16-8-4-3-5-9-16)12-21(27)24-13-20(26)22-18-10-6-7-11-19(18)24/h3-11H,12-13H2,1-2H3,(H,22,26). The van der Waals surface area contributed by atoms with Gasteiger partial charge in [0.05, 0.1) is 29.2 Å². The Bertz CT molecular complexity index is 1020. The largest absolute Gasteiger partial charge is 0.323 e. The molecule has 1 aliphatic heterocycles. The average Bonchev–Trinajstić information content (AvgIpc) is 2.96. The van der Waals surface area contributed by atoms with Crippen molar-refractivity contribution in [2.24, 2.45) is 0 Å². The van der Waals surface area contributed by atoms with Crippen LogP contribution >= 0.6 is 0 Å². The molecule has 1 N–H and O–H groups in total. The van der Waals surface area contributed by atoms with E-state index in [9.17, 15) is 9.59 Å². The summed E-state index contributed by atoms with van der Waals surface area (Å²) in [6, 6.07) is 17.2. The minimum atomic E-state index is -0.185. The molecule has 0 aliphatic carbocycles. The minimum Gasteiger partial charge on any atom is -0.323 e. The third kappa shape index (κ3) is 3.10. The van der Waals surface area contributed by atoms with Crippen LogP contribution in [0.2, 0.25) is 0 Å². The maximum Gasteiger partial charge on any atom is 0.244 e. The molecule has 27 heavy (non-hydrogen) atoms. The van der Waals surface area contributed by atoms with E-state index in [4.69, 9.17) is 0 Å². The molecule has 2 heterocycles. The van der Waals surface area contributed by atoms with Gasteiger partial charge >= 0.3 is 0 Å². The first-order chi connectivity index (χ1) is 13.0. The fourth-order valence-corrected chi connectivity index (χ4v) is 3.45. The zero-order valence-corrected chi connectivity index (χ0v) is 15.3. The Morgan fingerprint density at radius 2 is 1.78 bits per heavy atom. The van der Waals surface area contributed by atoms with E-state index in [1.54, 1.807) is 11.0 Å². The van der Waals surface area contributed by atoms with Gasteiger partial charge in [-0.25, -0.2) is 4.68 Å². The van der Waals surface area contributed by atoms with Crippen molar-refractivity contribution in [2.75, 3.05) is 16.8 Å². The Balaban J connectivity index is 1.65. The molecule has 1 aliphatic rings. The molecule has 2 aromatic carbocycles. The molecular weight excluding hydrogens is 340 g/mol. The first-order valence-corrected chi connectivity index (χ1v) is 8.84. The van der Waals surface area contributed by atoms with Gasteiger partial charge < -0.3 is 10.2 Å². The summed E-state index contributed by atoms with van der Waals surface area (Å²) < 4.78 is 1.86. The molecule has 0 unspecified atom stereocenters. The monoisotopic (exact) mass is 360 g/mol. The van der Waals surface area contributed by atoms with Crippen LogP contribution in [0.5, 0.6) is 0 Å². The molecule has 0 fully saturated rings. The molecule has 3 aromatic rings. The van der Waals surface area contributed by atoms with Gasteiger partial charge in [0, 0.05) is 11.3 Å². The number of benzene rings is 2. The number of aryl methyl sites for hydroxylation is 1. The number of anilines is 2. The van der Waals surface area contributed by atoms with Crippen LogP contribution in [-0.2, 0) is 16.0 Å². The van der Waals surface area contributed by atoms with Gasteiger partial charge in [0.25, 0.3) is 0 Å². The number of nitrogens with zero attached hydrogens (tertiary/aromatic N) is 3. The summed E-state index contributed by atoms with van der Waals surface area (Å²) in [6.07, 6.45) is 0.201. The molecule has 0 spiro atoms. The number of hydrogen-bond donors (Lipinski definition) is 1. The summed E-state index contributed by atoms with van der Waals surface area (Å²) in [4.78, 5) is 26.6. The van der Waals surface area contributed by atoms with Crippen LogP contribution in [-0.4, -0.2) is 28.1 Å². The van der Waals surface area contributed by atoms with Gasteiger partial charge in [-0.15, -0.1) is 0 Å². The third-order valence-electron chi connectivity index (χ3n) is 4.84. The van der Waals surface area contributed by atoms with Gasteiger partial charge in [0.2, 0.25) is 11.8 Å². The van der Waals surface area contributed by atoms with Gasteiger partial charge in [-0.05, 0) is 38.1 Å². The van der Waals surface area contributed by atoms with Crippen molar-refractivity contribution in [1.82, 2.24) is 9.78 Å². The zero-order valence-electron chi connectivity index (χ0n) is 15.3. The van der Waals surface area contributed by atoms with Crippen LogP contribution in [0.4, 0.5) is 11.4 Å². The zero-order chi connectivity index (χ0) is 19.0. The molecule has 4 rings (SSSR count). The summed E-state index contributed by atoms with van der Waals surface area (Å²) >= 11 is 0. The predicted octanol–water partition coefficient (Wildman–Crippen LogP) is 3.02. The second-order valence-electron chi connectivity index (χ2n) is 6.62. The summed E-state index contributed by atoms with van der Waals surface area (Å²) in [5, 5.41) is 7.41. The normalized spacial score (nSPS) is 13.3. The number of rotatable bonds is 3. The van der Waals surface area contributed by atoms with Gasteiger partial charge in [-0.3, -0.25) is 9.59 Å². The van der Waals surface area contributed by atoms with Crippen LogP contribution in [0.25, 0.3) is 5.69 Å². The quantitative estimate of drug-likeness (QED) is 0.781. The summed E-state index contributed by atoms with van der Waals surface area (Å²) in [5.74, 6) is -0.299. The van der Waals surface area contributed by atoms with E-state index in [0.29, 0.717) is 5.69 Å². The fraction of sp³-hybridized carbons (Fsp3) is 0.190. The van der Waals surface area contributed by atoms with E-state index in [2.05, 4.69) is 10.4 Å². The van der Waals surface area contributed by atoms with Crippen molar-refractivity contribution < 1.29 is 9.59 Å². The van der Waals surface area contributed by atoms with Gasteiger partial charge in [-0.2, -0.15) is 5.10 Å². The minimum absolute atomic E-state index is 0.0285. The molecule has 136 valence electrons. The maximum atomic E-state index is 13.0. The smallest absolute Gasteiger partial charge is 0.244 e. The van der Waals surface area contributed by atoms with Crippen LogP contribution in [0, 0.1) is 13.8 Å². The van der Waals surface area contributed by atoms with Gasteiger partial charge in [0.15, 0.2) is 0 Å². The van der Waals surface area contributed by atoms with Gasteiger partial charge in [0.1, 0.15) is 6.54 Å². The van der Waals surface area contributed by atoms with Crippen molar-refractivity contribution >= 4 is 23.2 Å². The highest BCUT2D eigenvalue weighted by molar-refractivity contribution is 6.10. The van der Waals surface area contributed by atoms with Crippen molar-refractivity contribution in [1.29, 1.82) is 0 Å². The van der Waals surface area contributed by atoms with E-state index in [0.717, 1.165) is 28.3 Å². The summed E-state index contributed by atoms with van der Waals surface area (Å²) in [6.45, 7) is 3.90. The molecule has 0 saturated carbocycles. The number of amides is 2. The number of aromatic nitrogens is 2. The Kier molecular flexibility index (Phi) is 4.24. The fourth-order valence-electron chi connectivity index (χ4n) is 3.45. The second-order valence-corrected chi connectivity index (χ2v) is 6.62. The van der Waals surface area contributed by atoms with E-state index in [1.807, 2.05) is 67.1 Å². The topological polar surface area (TPSA) is 67.2 Å². The SMILES string of the molecule is Cc1nn(-c2ccccc2)c(C)c1CC(=O)N1CC(=O)Nc2ccccc21. The number of nitrogens with one attached hydrogen (secondary N) is 1. The maximum absolute atomic E-state index is 13.0. The first kappa shape index (κ1) is 17.0. The number of fused-ring (bicyclic) bond motifs is 1. The number of hydrogen-bond acceptors (Lipinski definition) is 3. The number of para-hydroxylation sites is 3. The highest BCUT2D eigenvalue weighted by Gasteiger charge is 2.28. The van der Waals surface area contributed by atoms with Crippen molar-refractivity contribution in [3.8, 4) is 5.69 Å². The van der Waals surface area contributed by atoms with E-state index < -0.39 is 0 Å². The molecule has 0 bridgehead atoms. The molecule has 6 nitrogen and oxygen atoms in total. The molecule has 2 amide bonds. The number of carbonyl (C=O) groups excluding carboxylic acids is 2. The predicted molar refractivity (Wildman–Crippen MR) is 104 cm³/mol. The Morgan fingerprint density at radius 1 is 1.07 bits per heavy atom. The highest BCUT2D eigenvalue weighted by Crippen LogP contribution is 2.30. The van der Waals surface area contributed by atoms with Crippen LogP contribution in [0.3, 0.4) is 0 Å². The second kappa shape index (κ2) is 6.72. The lowest BCUT2D eigenvalue weighted by atomic mass is 10.1. The van der Waals surface area contributed by atoms with Crippen molar-refractivity contribution in [3.05, 3.63) is 71.5 Å². The summed E-state index contributed by atoms with van der Waals surface area (Å²) in [7, 11) is 0. The van der Waals surface area contributed by atoms with Crippen LogP contribution in [0.15, 0.2) is 54.6 Å². The molecule has 1 aromatic heterocycles. The van der Waals surface area contributed by atoms with E-state index in [1.165, 1.54) is 0 Å². The van der Waals surface area contributed by atoms with E-state index >= 15 is 0 Å². The Morgan fingerprint density at radius 3 is 2.56 bits per heavy atom. The Hall–Kier alpha value is -3.41. The lowest BCUT2D eigenvalue weighted by molar-refractivity contribution is -0.121. The average molecular weight is 360 g/mol. The lowest BCUT2D eigenvalue weighted by Gasteiger charge is -2.29. The third-order valence-corrected chi connectivity index (χ3v) is 4.84. The highest BCUT2D eigenvalue weighted by atomic mass is 16.2. The number of carbonyl (C=O) groups is 2. The molecule has 0 saturated heterocycles. The molecular formula is C21H20N4O2. The lowest BCUT2D eigenvalue weighted by Crippen LogP contribution is -2.42. The van der Waals surface area contributed by atoms with Crippen LogP contribution in [0.1, 0.15) is 17.0 Å². The first-order valence-electron chi connectivity index (χ1n) is 8.84. The molecule has 0 radical (unpaired) electrons. The molecule has 6 heteroatoms. The van der Waals surface area contributed by atoms with Gasteiger partial charge in [-0.1, -0.05) is 30.3 Å². The Labute approximate surface area is 157 Å². The van der Waals surface area contributed by atoms with E-state index in [-0.39, 0.29) is 24.8 Å². The summed E-state index contributed by atoms with van der Waals surface area (Å²) in [5.41, 5.74) is 5.00. The van der Waals surface area contributed by atoms with Crippen LogP contribution < -0.4 is 10.2 Å². The van der Waals surface area contributed by atoms with Crippen molar-refractivity contribution in [3.63, 3.8) is 0 Å².